The number of ether oxygens (including phenoxy) is 1. The summed E-state index contributed by atoms with van der Waals surface area (Å²) in [7, 11) is 0. The highest BCUT2D eigenvalue weighted by Gasteiger charge is 2.38. The Morgan fingerprint density at radius 3 is 1.75 bits per heavy atom. The SMILES string of the molecule is CCCCCc1ccc(C(F)(F)Oc2ccc(CCc3cc(F)c(C(F)(F)F)c(F)c3)cc2)c(F)c1. The van der Waals surface area contributed by atoms with Crippen LogP contribution in [0.2, 0.25) is 0 Å². The van der Waals surface area contributed by atoms with Gasteiger partial charge in [-0.3, -0.25) is 0 Å². The Balaban J connectivity index is 1.63. The molecule has 0 N–H and O–H groups in total. The van der Waals surface area contributed by atoms with Gasteiger partial charge in [-0.1, -0.05) is 38.0 Å². The van der Waals surface area contributed by atoms with E-state index in [1.807, 2.05) is 6.92 Å². The highest BCUT2D eigenvalue weighted by molar-refractivity contribution is 5.32. The number of hydrogen-bond donors (Lipinski definition) is 0. The lowest BCUT2D eigenvalue weighted by atomic mass is 10.0. The average molecular weight is 516 g/mol. The van der Waals surface area contributed by atoms with Crippen molar-refractivity contribution < 1.29 is 39.9 Å². The van der Waals surface area contributed by atoms with Gasteiger partial charge in [0.1, 0.15) is 28.8 Å². The van der Waals surface area contributed by atoms with Gasteiger partial charge in [-0.25, -0.2) is 13.2 Å². The molecule has 0 heterocycles. The summed E-state index contributed by atoms with van der Waals surface area (Å²) in [6, 6.07) is 10.1. The van der Waals surface area contributed by atoms with E-state index in [9.17, 15) is 35.1 Å². The second kappa shape index (κ2) is 11.3. The first-order chi connectivity index (χ1) is 16.9. The van der Waals surface area contributed by atoms with Crippen molar-refractivity contribution in [1.29, 1.82) is 0 Å². The highest BCUT2D eigenvalue weighted by atomic mass is 19.4. The topological polar surface area (TPSA) is 9.23 Å². The summed E-state index contributed by atoms with van der Waals surface area (Å²) < 4.78 is 114. The number of hydrogen-bond acceptors (Lipinski definition) is 1. The fourth-order valence-corrected chi connectivity index (χ4v) is 3.79. The second-order valence-corrected chi connectivity index (χ2v) is 8.47. The zero-order valence-electron chi connectivity index (χ0n) is 19.4. The van der Waals surface area contributed by atoms with Crippen LogP contribution < -0.4 is 4.74 Å². The van der Waals surface area contributed by atoms with Crippen molar-refractivity contribution in [2.45, 2.75) is 57.7 Å². The lowest BCUT2D eigenvalue weighted by molar-refractivity contribution is -0.187. The van der Waals surface area contributed by atoms with Gasteiger partial charge in [0.15, 0.2) is 0 Å². The fraction of sp³-hybridized carbons (Fsp3) is 0.333. The summed E-state index contributed by atoms with van der Waals surface area (Å²) in [5, 5.41) is 0. The summed E-state index contributed by atoms with van der Waals surface area (Å²) >= 11 is 0. The van der Waals surface area contributed by atoms with Gasteiger partial charge < -0.3 is 4.74 Å². The molecule has 0 bridgehead atoms. The molecule has 0 aliphatic carbocycles. The molecule has 0 amide bonds. The lowest BCUT2D eigenvalue weighted by Gasteiger charge is -2.19. The lowest BCUT2D eigenvalue weighted by Crippen LogP contribution is -2.23. The van der Waals surface area contributed by atoms with Crippen LogP contribution in [0.25, 0.3) is 0 Å². The van der Waals surface area contributed by atoms with Gasteiger partial charge in [0.05, 0.1) is 5.56 Å². The molecule has 3 aromatic rings. The van der Waals surface area contributed by atoms with Crippen LogP contribution in [0.1, 0.15) is 54.0 Å². The zero-order chi connectivity index (χ0) is 26.5. The molecule has 36 heavy (non-hydrogen) atoms. The minimum absolute atomic E-state index is 0.0121. The normalized spacial score (nSPS) is 12.1. The molecule has 0 aromatic heterocycles. The molecule has 0 saturated carbocycles. The monoisotopic (exact) mass is 516 g/mol. The summed E-state index contributed by atoms with van der Waals surface area (Å²) in [6.07, 6.45) is -5.53. The average Bonchev–Trinajstić information content (AvgIpc) is 2.77. The van der Waals surface area contributed by atoms with Gasteiger partial charge in [-0.2, -0.15) is 22.0 Å². The van der Waals surface area contributed by atoms with Crippen LogP contribution in [0.3, 0.4) is 0 Å². The van der Waals surface area contributed by atoms with E-state index in [1.165, 1.54) is 30.3 Å². The number of halogens is 8. The first kappa shape index (κ1) is 27.5. The van der Waals surface area contributed by atoms with E-state index in [0.717, 1.165) is 31.4 Å². The van der Waals surface area contributed by atoms with Crippen LogP contribution in [0.4, 0.5) is 35.1 Å². The molecule has 0 fully saturated rings. The minimum Gasteiger partial charge on any atom is -0.429 e. The molecule has 1 nitrogen and oxygen atoms in total. The van der Waals surface area contributed by atoms with E-state index in [1.54, 1.807) is 0 Å². The third-order valence-electron chi connectivity index (χ3n) is 5.67. The van der Waals surface area contributed by atoms with Crippen LogP contribution in [-0.4, -0.2) is 0 Å². The van der Waals surface area contributed by atoms with Crippen molar-refractivity contribution in [3.63, 3.8) is 0 Å². The molecular formula is C27H24F8O. The Kier molecular flexibility index (Phi) is 8.63. The summed E-state index contributed by atoms with van der Waals surface area (Å²) in [5.41, 5.74) is -1.64. The molecular weight excluding hydrogens is 492 g/mol. The molecule has 0 atom stereocenters. The van der Waals surface area contributed by atoms with Crippen molar-refractivity contribution in [3.8, 4) is 5.75 Å². The molecule has 0 saturated heterocycles. The largest absolute Gasteiger partial charge is 0.429 e. The Morgan fingerprint density at radius 2 is 1.19 bits per heavy atom. The molecule has 0 spiro atoms. The van der Waals surface area contributed by atoms with E-state index in [-0.39, 0.29) is 24.2 Å². The molecule has 9 heteroatoms. The van der Waals surface area contributed by atoms with Crippen LogP contribution in [0.5, 0.6) is 5.75 Å². The number of alkyl halides is 5. The first-order valence-corrected chi connectivity index (χ1v) is 11.4. The van der Waals surface area contributed by atoms with Crippen LogP contribution in [-0.2, 0) is 31.5 Å². The third-order valence-corrected chi connectivity index (χ3v) is 5.67. The zero-order valence-corrected chi connectivity index (χ0v) is 19.4. The van der Waals surface area contributed by atoms with Crippen LogP contribution in [0, 0.1) is 17.5 Å². The minimum atomic E-state index is -5.15. The first-order valence-electron chi connectivity index (χ1n) is 11.4. The number of rotatable bonds is 10. The Labute approximate surface area is 203 Å². The van der Waals surface area contributed by atoms with Crippen molar-refractivity contribution >= 4 is 0 Å². The molecule has 194 valence electrons. The predicted molar refractivity (Wildman–Crippen MR) is 119 cm³/mol. The van der Waals surface area contributed by atoms with Gasteiger partial charge in [-0.15, -0.1) is 0 Å². The van der Waals surface area contributed by atoms with E-state index >= 15 is 0 Å². The van der Waals surface area contributed by atoms with Crippen molar-refractivity contribution in [3.05, 3.63) is 99.9 Å². The molecule has 3 aromatic carbocycles. The van der Waals surface area contributed by atoms with E-state index in [0.29, 0.717) is 29.7 Å². The molecule has 0 radical (unpaired) electrons. The maximum absolute atomic E-state index is 14.6. The van der Waals surface area contributed by atoms with Gasteiger partial charge in [0.2, 0.25) is 0 Å². The highest BCUT2D eigenvalue weighted by Crippen LogP contribution is 2.35. The second-order valence-electron chi connectivity index (χ2n) is 8.47. The fourth-order valence-electron chi connectivity index (χ4n) is 3.79. The van der Waals surface area contributed by atoms with E-state index < -0.39 is 40.9 Å². The van der Waals surface area contributed by atoms with Crippen LogP contribution in [0.15, 0.2) is 54.6 Å². The molecule has 3 rings (SSSR count). The maximum atomic E-state index is 14.6. The Hall–Kier alpha value is -3.10. The third kappa shape index (κ3) is 6.98. The number of unbranched alkanes of at least 4 members (excludes halogenated alkanes) is 2. The van der Waals surface area contributed by atoms with Crippen molar-refractivity contribution in [2.24, 2.45) is 0 Å². The number of benzene rings is 3. The smallest absolute Gasteiger partial charge is 0.429 e. The van der Waals surface area contributed by atoms with E-state index in [2.05, 4.69) is 0 Å². The maximum Gasteiger partial charge on any atom is 0.429 e. The van der Waals surface area contributed by atoms with E-state index in [4.69, 9.17) is 4.74 Å². The van der Waals surface area contributed by atoms with Gasteiger partial charge in [0, 0.05) is 0 Å². The Bertz CT molecular complexity index is 1150. The molecule has 0 unspecified atom stereocenters. The van der Waals surface area contributed by atoms with Gasteiger partial charge in [0.25, 0.3) is 0 Å². The quantitative estimate of drug-likeness (QED) is 0.193. The molecule has 0 aliphatic rings. The number of aryl methyl sites for hydroxylation is 3. The van der Waals surface area contributed by atoms with Gasteiger partial charge >= 0.3 is 12.3 Å². The predicted octanol–water partition coefficient (Wildman–Crippen LogP) is 8.77. The summed E-state index contributed by atoms with van der Waals surface area (Å²) in [5.74, 6) is -4.71. The Morgan fingerprint density at radius 1 is 0.639 bits per heavy atom. The molecule has 0 aliphatic heterocycles. The van der Waals surface area contributed by atoms with Gasteiger partial charge in [-0.05, 0) is 78.8 Å². The summed E-state index contributed by atoms with van der Waals surface area (Å²) in [6.45, 7) is 2.02. The standard InChI is InChI=1S/C27H24F8O/c1-2-3-4-5-18-10-13-21(22(28)14-18)27(34,35)36-20-11-8-17(9-12-20)6-7-19-15-23(29)25(24(30)16-19)26(31,32)33/h8-16H,2-7H2,1H3. The van der Waals surface area contributed by atoms with Crippen LogP contribution >= 0.6 is 0 Å². The summed E-state index contributed by atoms with van der Waals surface area (Å²) in [4.78, 5) is 0. The van der Waals surface area contributed by atoms with Crippen molar-refractivity contribution in [1.82, 2.24) is 0 Å². The van der Waals surface area contributed by atoms with Crippen molar-refractivity contribution in [2.75, 3.05) is 0 Å².